The minimum atomic E-state index is 0.00369. The minimum Gasteiger partial charge on any atom is -0.349 e. The third-order valence-corrected chi connectivity index (χ3v) is 3.27. The molecule has 2 rings (SSSR count). The van der Waals surface area contributed by atoms with Gasteiger partial charge in [0, 0.05) is 23.8 Å². The first-order valence-electron chi connectivity index (χ1n) is 5.00. The normalized spacial score (nSPS) is 13.3. The molecular weight excluding hydrogens is 254 g/mol. The van der Waals surface area contributed by atoms with Gasteiger partial charge in [-0.25, -0.2) is 4.98 Å². The number of pyridine rings is 1. The molecule has 0 bridgehead atoms. The van der Waals surface area contributed by atoms with Gasteiger partial charge in [0.1, 0.15) is 0 Å². The van der Waals surface area contributed by atoms with E-state index in [0.717, 1.165) is 27.6 Å². The highest BCUT2D eigenvalue weighted by Gasteiger charge is 2.12. The number of rotatable bonds is 2. The first-order valence-corrected chi connectivity index (χ1v) is 5.79. The van der Waals surface area contributed by atoms with Crippen molar-refractivity contribution in [2.75, 3.05) is 0 Å². The maximum atomic E-state index is 5.99. The number of nitrogens with two attached hydrogens (primary N) is 1. The van der Waals surface area contributed by atoms with E-state index in [9.17, 15) is 0 Å². The molecule has 0 saturated carbocycles. The Labute approximate surface area is 97.4 Å². The molecule has 0 aliphatic rings. The Hall–Kier alpha value is -0.870. The second-order valence-corrected chi connectivity index (χ2v) is 4.56. The third-order valence-electron chi connectivity index (χ3n) is 2.64. The van der Waals surface area contributed by atoms with Crippen molar-refractivity contribution in [2.45, 2.75) is 19.4 Å². The van der Waals surface area contributed by atoms with Crippen LogP contribution in [0.3, 0.4) is 0 Å². The van der Waals surface area contributed by atoms with E-state index in [1.165, 1.54) is 0 Å². The van der Waals surface area contributed by atoms with Gasteiger partial charge in [0.2, 0.25) is 0 Å². The fourth-order valence-electron chi connectivity index (χ4n) is 1.63. The molecule has 15 heavy (non-hydrogen) atoms. The molecular formula is C11H14BrN3. The first kappa shape index (κ1) is 10.6. The minimum absolute atomic E-state index is 0.00369. The van der Waals surface area contributed by atoms with Crippen molar-refractivity contribution in [1.82, 2.24) is 9.55 Å². The Morgan fingerprint density at radius 3 is 3.00 bits per heavy atom. The number of nitrogens with zero attached hydrogens (tertiary/aromatic N) is 2. The molecule has 0 amide bonds. The van der Waals surface area contributed by atoms with Crippen LogP contribution in [-0.4, -0.2) is 9.55 Å². The largest absolute Gasteiger partial charge is 0.349 e. The van der Waals surface area contributed by atoms with Gasteiger partial charge >= 0.3 is 0 Å². The van der Waals surface area contributed by atoms with E-state index in [-0.39, 0.29) is 6.04 Å². The van der Waals surface area contributed by atoms with Crippen LogP contribution in [0.2, 0.25) is 0 Å². The van der Waals surface area contributed by atoms with Crippen LogP contribution < -0.4 is 5.73 Å². The molecule has 2 aromatic heterocycles. The van der Waals surface area contributed by atoms with Gasteiger partial charge in [-0.15, -0.1) is 0 Å². The van der Waals surface area contributed by atoms with Crippen molar-refractivity contribution in [3.63, 3.8) is 0 Å². The summed E-state index contributed by atoms with van der Waals surface area (Å²) in [6, 6.07) is 4.09. The molecule has 2 aromatic rings. The number of fused-ring (bicyclic) bond motifs is 1. The van der Waals surface area contributed by atoms with Crippen molar-refractivity contribution in [3.05, 3.63) is 28.5 Å². The molecule has 0 aromatic carbocycles. The maximum absolute atomic E-state index is 5.99. The van der Waals surface area contributed by atoms with Crippen molar-refractivity contribution >= 4 is 27.0 Å². The number of halogens is 1. The molecule has 0 aliphatic heterocycles. The van der Waals surface area contributed by atoms with Gasteiger partial charge in [0.15, 0.2) is 0 Å². The predicted octanol–water partition coefficient (Wildman–Crippen LogP) is 2.75. The average Bonchev–Trinajstić information content (AvgIpc) is 2.58. The van der Waals surface area contributed by atoms with E-state index in [2.05, 4.69) is 33.9 Å². The molecule has 0 unspecified atom stereocenters. The van der Waals surface area contributed by atoms with Crippen LogP contribution in [0.25, 0.3) is 11.0 Å². The monoisotopic (exact) mass is 267 g/mol. The molecule has 1 atom stereocenters. The zero-order chi connectivity index (χ0) is 11.0. The van der Waals surface area contributed by atoms with Crippen molar-refractivity contribution in [1.29, 1.82) is 0 Å². The van der Waals surface area contributed by atoms with Crippen LogP contribution in [0.5, 0.6) is 0 Å². The first-order chi connectivity index (χ1) is 7.13. The fraction of sp³-hybridized carbons (Fsp3) is 0.364. The van der Waals surface area contributed by atoms with Gasteiger partial charge in [0.05, 0.1) is 16.7 Å². The molecule has 0 aliphatic carbocycles. The second kappa shape index (κ2) is 3.94. The van der Waals surface area contributed by atoms with E-state index >= 15 is 0 Å². The zero-order valence-corrected chi connectivity index (χ0v) is 10.5. The summed E-state index contributed by atoms with van der Waals surface area (Å²) >= 11 is 3.52. The molecule has 0 fully saturated rings. The molecule has 0 radical (unpaired) electrons. The molecule has 4 heteroatoms. The number of hydrogen-bond donors (Lipinski definition) is 1. The molecule has 80 valence electrons. The fourth-order valence-corrected chi connectivity index (χ4v) is 2.23. The SMILES string of the molecule is CC[C@H](N)c1nc2ccn(C)c2cc1Br. The molecule has 2 heterocycles. The summed E-state index contributed by atoms with van der Waals surface area (Å²) in [4.78, 5) is 4.57. The smallest absolute Gasteiger partial charge is 0.0885 e. The van der Waals surface area contributed by atoms with E-state index in [4.69, 9.17) is 5.73 Å². The van der Waals surface area contributed by atoms with E-state index in [1.807, 2.05) is 23.9 Å². The molecule has 0 saturated heterocycles. The number of aromatic nitrogens is 2. The van der Waals surface area contributed by atoms with Gasteiger partial charge in [-0.05, 0) is 34.5 Å². The van der Waals surface area contributed by atoms with Crippen LogP contribution in [0.4, 0.5) is 0 Å². The Balaban J connectivity index is 2.63. The van der Waals surface area contributed by atoms with Crippen LogP contribution in [0.1, 0.15) is 25.1 Å². The Morgan fingerprint density at radius 1 is 1.60 bits per heavy atom. The van der Waals surface area contributed by atoms with Gasteiger partial charge < -0.3 is 10.3 Å². The van der Waals surface area contributed by atoms with Crippen molar-refractivity contribution in [2.24, 2.45) is 12.8 Å². The van der Waals surface area contributed by atoms with E-state index in [0.29, 0.717) is 0 Å². The standard InChI is InChI=1S/C11H14BrN3/c1-3-8(13)11-7(12)6-10-9(14-11)4-5-15(10)2/h4-6,8H,3,13H2,1-2H3/t8-/m0/s1. The molecule has 2 N–H and O–H groups in total. The Kier molecular flexibility index (Phi) is 2.80. The Morgan fingerprint density at radius 2 is 2.33 bits per heavy atom. The number of aryl methyl sites for hydroxylation is 1. The van der Waals surface area contributed by atoms with Crippen molar-refractivity contribution < 1.29 is 0 Å². The Bertz CT molecular complexity index is 490. The summed E-state index contributed by atoms with van der Waals surface area (Å²) in [5.74, 6) is 0. The van der Waals surface area contributed by atoms with Gasteiger partial charge in [-0.3, -0.25) is 0 Å². The lowest BCUT2D eigenvalue weighted by Crippen LogP contribution is -2.11. The summed E-state index contributed by atoms with van der Waals surface area (Å²) in [7, 11) is 2.01. The van der Waals surface area contributed by atoms with Crippen LogP contribution in [-0.2, 0) is 7.05 Å². The highest BCUT2D eigenvalue weighted by atomic mass is 79.9. The summed E-state index contributed by atoms with van der Waals surface area (Å²) in [5, 5.41) is 0. The summed E-state index contributed by atoms with van der Waals surface area (Å²) < 4.78 is 3.04. The summed E-state index contributed by atoms with van der Waals surface area (Å²) in [6.45, 7) is 2.06. The van der Waals surface area contributed by atoms with E-state index in [1.54, 1.807) is 0 Å². The second-order valence-electron chi connectivity index (χ2n) is 3.70. The van der Waals surface area contributed by atoms with E-state index < -0.39 is 0 Å². The maximum Gasteiger partial charge on any atom is 0.0885 e. The van der Waals surface area contributed by atoms with Crippen LogP contribution in [0, 0.1) is 0 Å². The van der Waals surface area contributed by atoms with Gasteiger partial charge in [-0.1, -0.05) is 6.92 Å². The van der Waals surface area contributed by atoms with Crippen molar-refractivity contribution in [3.8, 4) is 0 Å². The van der Waals surface area contributed by atoms with Gasteiger partial charge in [0.25, 0.3) is 0 Å². The molecule has 3 nitrogen and oxygen atoms in total. The number of hydrogen-bond acceptors (Lipinski definition) is 2. The van der Waals surface area contributed by atoms with Gasteiger partial charge in [-0.2, -0.15) is 0 Å². The molecule has 0 spiro atoms. The quantitative estimate of drug-likeness (QED) is 0.910. The summed E-state index contributed by atoms with van der Waals surface area (Å²) in [5.41, 5.74) is 9.05. The lowest BCUT2D eigenvalue weighted by Gasteiger charge is -2.10. The van der Waals surface area contributed by atoms with Crippen LogP contribution in [0.15, 0.2) is 22.8 Å². The lowest BCUT2D eigenvalue weighted by atomic mass is 10.1. The lowest BCUT2D eigenvalue weighted by molar-refractivity contribution is 0.675. The highest BCUT2D eigenvalue weighted by Crippen LogP contribution is 2.26. The highest BCUT2D eigenvalue weighted by molar-refractivity contribution is 9.10. The van der Waals surface area contributed by atoms with Crippen LogP contribution >= 0.6 is 15.9 Å². The third kappa shape index (κ3) is 1.79. The summed E-state index contributed by atoms with van der Waals surface area (Å²) in [6.07, 6.45) is 2.90. The zero-order valence-electron chi connectivity index (χ0n) is 8.87. The predicted molar refractivity (Wildman–Crippen MR) is 65.6 cm³/mol. The topological polar surface area (TPSA) is 43.8 Å². The average molecular weight is 268 g/mol.